The summed E-state index contributed by atoms with van der Waals surface area (Å²) in [6.07, 6.45) is 0.672. The Labute approximate surface area is 137 Å². The molecule has 1 fully saturated rings. The highest BCUT2D eigenvalue weighted by Crippen LogP contribution is 2.21. The lowest BCUT2D eigenvalue weighted by Crippen LogP contribution is -2.46. The van der Waals surface area contributed by atoms with E-state index in [1.54, 1.807) is 4.90 Å². The Hall–Kier alpha value is -1.85. The summed E-state index contributed by atoms with van der Waals surface area (Å²) in [6, 6.07) is 2.02. The molecule has 1 aliphatic rings. The van der Waals surface area contributed by atoms with Gasteiger partial charge in [-0.15, -0.1) is 0 Å². The minimum absolute atomic E-state index is 0.183. The lowest BCUT2D eigenvalue weighted by Gasteiger charge is -2.33. The molecule has 6 nitrogen and oxygen atoms in total. The van der Waals surface area contributed by atoms with Crippen molar-refractivity contribution in [1.82, 2.24) is 14.7 Å². The first kappa shape index (κ1) is 17.5. The number of likely N-dealkylation sites (tertiary alicyclic amines) is 1. The monoisotopic (exact) mass is 321 g/mol. The average molecular weight is 321 g/mol. The maximum atomic E-state index is 12.3. The first-order valence-electron chi connectivity index (χ1n) is 8.23. The molecule has 0 aliphatic carbocycles. The van der Waals surface area contributed by atoms with Crippen molar-refractivity contribution in [2.45, 2.75) is 59.6 Å². The molecule has 0 N–H and O–H groups in total. The lowest BCUT2D eigenvalue weighted by molar-refractivity contribution is -0.126. The topological polar surface area (TPSA) is 64.4 Å². The Morgan fingerprint density at radius 2 is 2.13 bits per heavy atom. The number of hydrogen-bond donors (Lipinski definition) is 0. The number of aromatic nitrogens is 2. The van der Waals surface area contributed by atoms with E-state index in [1.807, 2.05) is 45.4 Å². The predicted octanol–water partition coefficient (Wildman–Crippen LogP) is 2.58. The van der Waals surface area contributed by atoms with Crippen molar-refractivity contribution in [3.8, 4) is 0 Å². The van der Waals surface area contributed by atoms with Gasteiger partial charge in [-0.25, -0.2) is 4.79 Å². The molecular formula is C17H27N3O3. The van der Waals surface area contributed by atoms with Crippen molar-refractivity contribution in [1.29, 1.82) is 0 Å². The molecule has 23 heavy (non-hydrogen) atoms. The van der Waals surface area contributed by atoms with E-state index < -0.39 is 5.60 Å². The minimum atomic E-state index is -0.522. The van der Waals surface area contributed by atoms with Crippen LogP contribution in [0.25, 0.3) is 0 Å². The fourth-order valence-electron chi connectivity index (χ4n) is 2.87. The van der Waals surface area contributed by atoms with E-state index in [0.717, 1.165) is 17.9 Å². The summed E-state index contributed by atoms with van der Waals surface area (Å²) in [7, 11) is 0. The molecule has 6 heteroatoms. The fourth-order valence-corrected chi connectivity index (χ4v) is 2.87. The largest absolute Gasteiger partial charge is 0.444 e. The van der Waals surface area contributed by atoms with Crippen molar-refractivity contribution >= 4 is 11.9 Å². The van der Waals surface area contributed by atoms with Gasteiger partial charge >= 0.3 is 6.09 Å². The number of carbonyl (C=O) groups is 2. The van der Waals surface area contributed by atoms with Gasteiger partial charge in [0, 0.05) is 44.1 Å². The summed E-state index contributed by atoms with van der Waals surface area (Å²) in [6.45, 7) is 11.2. The highest BCUT2D eigenvalue weighted by atomic mass is 16.6. The summed E-state index contributed by atoms with van der Waals surface area (Å²) >= 11 is 0. The molecule has 2 heterocycles. The summed E-state index contributed by atoms with van der Waals surface area (Å²) < 4.78 is 7.34. The van der Waals surface area contributed by atoms with Crippen LogP contribution in [0.2, 0.25) is 0 Å². The van der Waals surface area contributed by atoms with Gasteiger partial charge in [0.05, 0.1) is 5.69 Å². The second-order valence-electron chi connectivity index (χ2n) is 7.14. The standard InChI is InChI=1S/C17H27N3O3/c1-6-20-14(9-12(2)18-20)10-13-11-19(8-7-15(13)21)16(22)23-17(3,4)5/h9,13H,6-8,10-11H2,1-5H3. The van der Waals surface area contributed by atoms with Crippen LogP contribution in [0.5, 0.6) is 0 Å². The normalized spacial score (nSPS) is 19.1. The summed E-state index contributed by atoms with van der Waals surface area (Å²) in [5.74, 6) is 0.0315. The zero-order valence-corrected chi connectivity index (χ0v) is 14.8. The number of carbonyl (C=O) groups excluding carboxylic acids is 2. The van der Waals surface area contributed by atoms with Crippen LogP contribution in [0.3, 0.4) is 0 Å². The second-order valence-corrected chi connectivity index (χ2v) is 7.14. The molecule has 1 saturated heterocycles. The second kappa shape index (κ2) is 6.72. The molecule has 0 bridgehead atoms. The van der Waals surface area contributed by atoms with E-state index in [9.17, 15) is 9.59 Å². The third-order valence-electron chi connectivity index (χ3n) is 3.92. The van der Waals surface area contributed by atoms with Crippen LogP contribution in [-0.2, 0) is 22.5 Å². The van der Waals surface area contributed by atoms with Crippen molar-refractivity contribution in [2.75, 3.05) is 13.1 Å². The van der Waals surface area contributed by atoms with E-state index in [2.05, 4.69) is 5.10 Å². The van der Waals surface area contributed by atoms with Crippen LogP contribution in [0.1, 0.15) is 45.5 Å². The quantitative estimate of drug-likeness (QED) is 0.858. The van der Waals surface area contributed by atoms with Crippen LogP contribution in [0, 0.1) is 12.8 Å². The number of Topliss-reactive ketones (excluding diaryl/α,β-unsaturated/α-hetero) is 1. The van der Waals surface area contributed by atoms with E-state index in [-0.39, 0.29) is 17.8 Å². The van der Waals surface area contributed by atoms with Gasteiger partial charge in [0.2, 0.25) is 0 Å². The first-order valence-corrected chi connectivity index (χ1v) is 8.23. The van der Waals surface area contributed by atoms with Gasteiger partial charge in [-0.05, 0) is 40.7 Å². The molecule has 0 aromatic carbocycles. The maximum absolute atomic E-state index is 12.3. The van der Waals surface area contributed by atoms with Crippen LogP contribution < -0.4 is 0 Å². The SMILES string of the molecule is CCn1nc(C)cc1CC1CN(C(=O)OC(C)(C)C)CCC1=O. The third kappa shape index (κ3) is 4.56. The molecular weight excluding hydrogens is 294 g/mol. The predicted molar refractivity (Wildman–Crippen MR) is 87.3 cm³/mol. The summed E-state index contributed by atoms with van der Waals surface area (Å²) in [5.41, 5.74) is 1.48. The Kier molecular flexibility index (Phi) is 5.12. The molecule has 2 rings (SSSR count). The molecule has 0 saturated carbocycles. The number of piperidine rings is 1. The molecule has 1 amide bonds. The van der Waals surface area contributed by atoms with E-state index in [1.165, 1.54) is 0 Å². The summed E-state index contributed by atoms with van der Waals surface area (Å²) in [4.78, 5) is 26.1. The highest BCUT2D eigenvalue weighted by molar-refractivity contribution is 5.84. The lowest BCUT2D eigenvalue weighted by atomic mass is 9.92. The van der Waals surface area contributed by atoms with Crippen LogP contribution in [0.4, 0.5) is 4.79 Å². The van der Waals surface area contributed by atoms with Gasteiger partial charge in [0.1, 0.15) is 11.4 Å². The third-order valence-corrected chi connectivity index (χ3v) is 3.92. The number of rotatable bonds is 3. The smallest absolute Gasteiger partial charge is 0.410 e. The first-order chi connectivity index (χ1) is 10.7. The molecule has 1 aromatic heterocycles. The fraction of sp³-hybridized carbons (Fsp3) is 0.706. The number of ether oxygens (including phenoxy) is 1. The van der Waals surface area contributed by atoms with Crippen LogP contribution >= 0.6 is 0 Å². The average Bonchev–Trinajstić information content (AvgIpc) is 2.79. The van der Waals surface area contributed by atoms with Crippen molar-refractivity contribution in [3.63, 3.8) is 0 Å². The highest BCUT2D eigenvalue weighted by Gasteiger charge is 2.32. The van der Waals surface area contributed by atoms with Gasteiger partial charge in [-0.3, -0.25) is 9.48 Å². The maximum Gasteiger partial charge on any atom is 0.410 e. The molecule has 0 radical (unpaired) electrons. The van der Waals surface area contributed by atoms with Crippen molar-refractivity contribution < 1.29 is 14.3 Å². The van der Waals surface area contributed by atoms with Gasteiger partial charge in [0.15, 0.2) is 0 Å². The van der Waals surface area contributed by atoms with Gasteiger partial charge in [-0.2, -0.15) is 5.10 Å². The van der Waals surface area contributed by atoms with Gasteiger partial charge in [0.25, 0.3) is 0 Å². The number of aryl methyl sites for hydroxylation is 2. The number of nitrogens with zero attached hydrogens (tertiary/aromatic N) is 3. The zero-order chi connectivity index (χ0) is 17.2. The molecule has 0 spiro atoms. The van der Waals surface area contributed by atoms with Gasteiger partial charge in [-0.1, -0.05) is 0 Å². The Morgan fingerprint density at radius 3 is 2.74 bits per heavy atom. The molecule has 1 atom stereocenters. The number of ketones is 1. The minimum Gasteiger partial charge on any atom is -0.444 e. The van der Waals surface area contributed by atoms with Gasteiger partial charge < -0.3 is 9.64 Å². The Balaban J connectivity index is 2.06. The Bertz CT molecular complexity index is 586. The number of amides is 1. The number of hydrogen-bond acceptors (Lipinski definition) is 4. The van der Waals surface area contributed by atoms with Crippen molar-refractivity contribution in [3.05, 3.63) is 17.5 Å². The summed E-state index contributed by atoms with van der Waals surface area (Å²) in [5, 5.41) is 4.42. The van der Waals surface area contributed by atoms with Crippen LogP contribution in [0.15, 0.2) is 6.07 Å². The molecule has 1 aromatic rings. The molecule has 1 unspecified atom stereocenters. The zero-order valence-electron chi connectivity index (χ0n) is 14.8. The van der Waals surface area contributed by atoms with Crippen molar-refractivity contribution in [2.24, 2.45) is 5.92 Å². The van der Waals surface area contributed by atoms with Crippen LogP contribution in [-0.4, -0.2) is 45.2 Å². The van der Waals surface area contributed by atoms with E-state index in [0.29, 0.717) is 25.9 Å². The molecule has 128 valence electrons. The Morgan fingerprint density at radius 1 is 1.43 bits per heavy atom. The van der Waals surface area contributed by atoms with E-state index >= 15 is 0 Å². The van der Waals surface area contributed by atoms with E-state index in [4.69, 9.17) is 4.74 Å². The molecule has 1 aliphatic heterocycles.